The van der Waals surface area contributed by atoms with Gasteiger partial charge in [0.2, 0.25) is 5.75 Å². The number of benzene rings is 2. The molecule has 25 heavy (non-hydrogen) atoms. The van der Waals surface area contributed by atoms with Crippen molar-refractivity contribution in [3.05, 3.63) is 63.7 Å². The molecule has 2 aromatic rings. The van der Waals surface area contributed by atoms with E-state index in [0.29, 0.717) is 6.54 Å². The van der Waals surface area contributed by atoms with E-state index in [0.717, 1.165) is 17.7 Å². The molecule has 0 saturated heterocycles. The van der Waals surface area contributed by atoms with Gasteiger partial charge in [0.05, 0.1) is 4.92 Å². The van der Waals surface area contributed by atoms with Crippen molar-refractivity contribution < 1.29 is 22.3 Å². The number of hydrogen-bond donors (Lipinski definition) is 1. The monoisotopic (exact) mass is 364 g/mol. The van der Waals surface area contributed by atoms with Gasteiger partial charge in [-0.3, -0.25) is 14.9 Å². The summed E-state index contributed by atoms with van der Waals surface area (Å²) in [5.74, 6) is -0.961. The van der Waals surface area contributed by atoms with E-state index in [1.807, 2.05) is 0 Å². The number of nitro benzene ring substituents is 1. The summed E-state index contributed by atoms with van der Waals surface area (Å²) in [4.78, 5) is 22.1. The molecule has 0 bridgehead atoms. The van der Waals surface area contributed by atoms with Crippen LogP contribution in [0.25, 0.3) is 0 Å². The minimum atomic E-state index is -4.23. The molecule has 8 nitrogen and oxygen atoms in total. The van der Waals surface area contributed by atoms with E-state index in [2.05, 4.69) is 5.32 Å². The number of rotatable bonds is 6. The topological polar surface area (TPSA) is 116 Å². The van der Waals surface area contributed by atoms with Crippen molar-refractivity contribution in [3.63, 3.8) is 0 Å². The first-order valence-electron chi connectivity index (χ1n) is 7.32. The lowest BCUT2D eigenvalue weighted by atomic mass is 10.2. The van der Waals surface area contributed by atoms with Gasteiger partial charge in [0.25, 0.3) is 5.91 Å². The Kier molecular flexibility index (Phi) is 5.38. The number of carbonyl (C=O) groups excluding carboxylic acids is 1. The van der Waals surface area contributed by atoms with Gasteiger partial charge in [-0.05, 0) is 38.1 Å². The van der Waals surface area contributed by atoms with Gasteiger partial charge < -0.3 is 9.50 Å². The van der Waals surface area contributed by atoms with E-state index in [-0.39, 0.29) is 10.5 Å². The average Bonchev–Trinajstić information content (AvgIpc) is 2.55. The van der Waals surface area contributed by atoms with Crippen molar-refractivity contribution in [1.82, 2.24) is 5.32 Å². The molecule has 9 heteroatoms. The second-order valence-corrected chi connectivity index (χ2v) is 6.70. The maximum Gasteiger partial charge on any atom is 0.339 e. The highest BCUT2D eigenvalue weighted by molar-refractivity contribution is 7.87. The summed E-state index contributed by atoms with van der Waals surface area (Å²) in [5, 5.41) is 13.7. The van der Waals surface area contributed by atoms with Gasteiger partial charge in [-0.15, -0.1) is 0 Å². The fraction of sp³-hybridized carbons (Fsp3) is 0.188. The molecule has 0 saturated carbocycles. The van der Waals surface area contributed by atoms with Gasteiger partial charge in [-0.2, -0.15) is 8.42 Å². The van der Waals surface area contributed by atoms with Gasteiger partial charge in [0.1, 0.15) is 4.90 Å². The van der Waals surface area contributed by atoms with Crippen LogP contribution >= 0.6 is 0 Å². The smallest absolute Gasteiger partial charge is 0.339 e. The third kappa shape index (κ3) is 4.32. The molecule has 0 heterocycles. The normalized spacial score (nSPS) is 11.0. The SMILES string of the molecule is CCNC(=O)c1ccc(OS(=O)(=O)c2ccc(C)cc2)c([N+](=O)[O-])c1. The Labute approximate surface area is 144 Å². The number of aryl methyl sites for hydroxylation is 1. The van der Waals surface area contributed by atoms with E-state index in [4.69, 9.17) is 4.18 Å². The number of amides is 1. The summed E-state index contributed by atoms with van der Waals surface area (Å²) in [5.41, 5.74) is 0.282. The number of nitro groups is 1. The summed E-state index contributed by atoms with van der Waals surface area (Å²) in [6.45, 7) is 3.85. The predicted molar refractivity (Wildman–Crippen MR) is 90.1 cm³/mol. The maximum absolute atomic E-state index is 12.3. The van der Waals surface area contributed by atoms with Gasteiger partial charge in [0.15, 0.2) is 0 Å². The van der Waals surface area contributed by atoms with E-state index in [1.54, 1.807) is 26.0 Å². The fourth-order valence-corrected chi connectivity index (χ4v) is 2.95. The van der Waals surface area contributed by atoms with E-state index in [1.165, 1.54) is 18.2 Å². The van der Waals surface area contributed by atoms with Gasteiger partial charge in [-0.1, -0.05) is 17.7 Å². The zero-order valence-electron chi connectivity index (χ0n) is 13.6. The summed E-state index contributed by atoms with van der Waals surface area (Å²) in [6, 6.07) is 9.20. The zero-order chi connectivity index (χ0) is 18.6. The van der Waals surface area contributed by atoms with Crippen LogP contribution in [0.3, 0.4) is 0 Å². The molecule has 1 amide bonds. The molecule has 2 aromatic carbocycles. The van der Waals surface area contributed by atoms with Crippen LogP contribution < -0.4 is 9.50 Å². The molecule has 0 atom stereocenters. The third-order valence-corrected chi connectivity index (χ3v) is 4.51. The van der Waals surface area contributed by atoms with Gasteiger partial charge in [-0.25, -0.2) is 0 Å². The highest BCUT2D eigenvalue weighted by Gasteiger charge is 2.24. The Morgan fingerprint density at radius 1 is 1.20 bits per heavy atom. The van der Waals surface area contributed by atoms with Crippen LogP contribution in [0.2, 0.25) is 0 Å². The molecule has 0 fully saturated rings. The molecule has 0 spiro atoms. The first kappa shape index (κ1) is 18.4. The average molecular weight is 364 g/mol. The molecule has 0 aliphatic heterocycles. The standard InChI is InChI=1S/C16H16N2O6S/c1-3-17-16(19)12-6-9-15(14(10-12)18(20)21)24-25(22,23)13-7-4-11(2)5-8-13/h4-10H,3H2,1-2H3,(H,17,19). The van der Waals surface area contributed by atoms with Crippen LogP contribution in [0.15, 0.2) is 47.4 Å². The molecule has 1 N–H and O–H groups in total. The van der Waals surface area contributed by atoms with E-state index >= 15 is 0 Å². The molecule has 0 aliphatic rings. The maximum atomic E-state index is 12.3. The first-order valence-corrected chi connectivity index (χ1v) is 8.73. The zero-order valence-corrected chi connectivity index (χ0v) is 14.4. The third-order valence-electron chi connectivity index (χ3n) is 3.26. The lowest BCUT2D eigenvalue weighted by Gasteiger charge is -2.09. The van der Waals surface area contributed by atoms with Gasteiger partial charge in [0, 0.05) is 18.2 Å². The molecule has 132 valence electrons. The van der Waals surface area contributed by atoms with Crippen molar-refractivity contribution in [3.8, 4) is 5.75 Å². The fourth-order valence-electron chi connectivity index (χ4n) is 2.01. The highest BCUT2D eigenvalue weighted by atomic mass is 32.2. The van der Waals surface area contributed by atoms with Crippen molar-refractivity contribution in [2.24, 2.45) is 0 Å². The van der Waals surface area contributed by atoms with Crippen molar-refractivity contribution >= 4 is 21.7 Å². The molecule has 2 rings (SSSR count). The van der Waals surface area contributed by atoms with Gasteiger partial charge >= 0.3 is 15.8 Å². The summed E-state index contributed by atoms with van der Waals surface area (Å²) >= 11 is 0. The van der Waals surface area contributed by atoms with E-state index < -0.39 is 32.4 Å². The van der Waals surface area contributed by atoms with Crippen molar-refractivity contribution in [1.29, 1.82) is 0 Å². The lowest BCUT2D eigenvalue weighted by molar-refractivity contribution is -0.385. The van der Waals surface area contributed by atoms with Crippen LogP contribution in [0.4, 0.5) is 5.69 Å². The number of nitrogens with zero attached hydrogens (tertiary/aromatic N) is 1. The molecular weight excluding hydrogens is 348 g/mol. The van der Waals surface area contributed by atoms with Crippen molar-refractivity contribution in [2.45, 2.75) is 18.7 Å². The Balaban J connectivity index is 2.40. The quantitative estimate of drug-likeness (QED) is 0.478. The molecule has 0 unspecified atom stereocenters. The lowest BCUT2D eigenvalue weighted by Crippen LogP contribution is -2.22. The second-order valence-electron chi connectivity index (χ2n) is 5.15. The Bertz CT molecular complexity index is 907. The molecule has 0 aliphatic carbocycles. The minimum Gasteiger partial charge on any atom is -0.372 e. The Hall–Kier alpha value is -2.94. The van der Waals surface area contributed by atoms with Crippen LogP contribution in [-0.4, -0.2) is 25.8 Å². The van der Waals surface area contributed by atoms with Crippen LogP contribution in [-0.2, 0) is 10.1 Å². The van der Waals surface area contributed by atoms with E-state index in [9.17, 15) is 23.3 Å². The Morgan fingerprint density at radius 2 is 1.84 bits per heavy atom. The summed E-state index contributed by atoms with van der Waals surface area (Å²) in [6.07, 6.45) is 0. The molecule has 0 aromatic heterocycles. The van der Waals surface area contributed by atoms with Crippen molar-refractivity contribution in [2.75, 3.05) is 6.54 Å². The Morgan fingerprint density at radius 3 is 2.40 bits per heavy atom. The second kappa shape index (κ2) is 7.31. The highest BCUT2D eigenvalue weighted by Crippen LogP contribution is 2.30. The summed E-state index contributed by atoms with van der Waals surface area (Å²) in [7, 11) is -4.23. The molecule has 0 radical (unpaired) electrons. The minimum absolute atomic E-state index is 0.0358. The van der Waals surface area contributed by atoms with Crippen LogP contribution in [0.5, 0.6) is 5.75 Å². The summed E-state index contributed by atoms with van der Waals surface area (Å²) < 4.78 is 29.5. The van der Waals surface area contributed by atoms with Crippen LogP contribution in [0.1, 0.15) is 22.8 Å². The number of nitrogens with one attached hydrogen (secondary N) is 1. The first-order chi connectivity index (χ1) is 11.7. The largest absolute Gasteiger partial charge is 0.372 e. The molecular formula is C16H16N2O6S. The number of carbonyl (C=O) groups is 1. The predicted octanol–water partition coefficient (Wildman–Crippen LogP) is 2.42. The van der Waals surface area contributed by atoms with Crippen LogP contribution in [0, 0.1) is 17.0 Å². The number of hydrogen-bond acceptors (Lipinski definition) is 6.